The summed E-state index contributed by atoms with van der Waals surface area (Å²) in [6.45, 7) is 8.13. The monoisotopic (exact) mass is 498 g/mol. The first-order chi connectivity index (χ1) is 13.3. The lowest BCUT2D eigenvalue weighted by atomic mass is 10.2. The van der Waals surface area contributed by atoms with Crippen LogP contribution in [0.1, 0.15) is 11.3 Å². The smallest absolute Gasteiger partial charge is 0.194 e. The number of ether oxygens (including phenoxy) is 1. The average Bonchev–Trinajstić information content (AvgIpc) is 3.21. The predicted octanol–water partition coefficient (Wildman–Crippen LogP) is 3.16. The molecule has 1 fully saturated rings. The van der Waals surface area contributed by atoms with Crippen LogP contribution in [-0.2, 0) is 11.2 Å². The van der Waals surface area contributed by atoms with E-state index in [0.29, 0.717) is 13.2 Å². The van der Waals surface area contributed by atoms with E-state index in [0.717, 1.165) is 50.9 Å². The van der Waals surface area contributed by atoms with E-state index in [1.54, 1.807) is 13.4 Å². The van der Waals surface area contributed by atoms with Gasteiger partial charge in [-0.3, -0.25) is 4.99 Å². The topological polar surface area (TPSA) is 53.2 Å². The molecule has 2 heterocycles. The molecule has 7 heteroatoms. The van der Waals surface area contributed by atoms with Crippen molar-refractivity contribution in [3.63, 3.8) is 0 Å². The lowest BCUT2D eigenvalue weighted by Gasteiger charge is -2.38. The van der Waals surface area contributed by atoms with Crippen molar-refractivity contribution in [3.8, 4) is 0 Å². The number of furan rings is 1. The molecule has 6 nitrogen and oxygen atoms in total. The van der Waals surface area contributed by atoms with Gasteiger partial charge in [-0.05, 0) is 36.8 Å². The number of methoxy groups -OCH3 is 1. The number of piperazine rings is 1. The lowest BCUT2D eigenvalue weighted by Crippen LogP contribution is -2.53. The summed E-state index contributed by atoms with van der Waals surface area (Å²) in [6, 6.07) is 12.6. The van der Waals surface area contributed by atoms with Crippen molar-refractivity contribution in [2.75, 3.05) is 57.9 Å². The molecular formula is C21H31IN4O2. The number of nitrogens with zero attached hydrogens (tertiary/aromatic N) is 3. The molecule has 28 heavy (non-hydrogen) atoms. The third kappa shape index (κ3) is 6.70. The Morgan fingerprint density at radius 1 is 1.18 bits per heavy atom. The Hall–Kier alpha value is -1.74. The van der Waals surface area contributed by atoms with Gasteiger partial charge < -0.3 is 24.3 Å². The van der Waals surface area contributed by atoms with E-state index in [1.807, 2.05) is 12.1 Å². The van der Waals surface area contributed by atoms with Gasteiger partial charge >= 0.3 is 0 Å². The minimum absolute atomic E-state index is 0. The van der Waals surface area contributed by atoms with E-state index in [1.165, 1.54) is 11.3 Å². The Morgan fingerprint density at radius 2 is 2.00 bits per heavy atom. The fourth-order valence-corrected chi connectivity index (χ4v) is 3.26. The molecule has 1 N–H and O–H groups in total. The lowest BCUT2D eigenvalue weighted by molar-refractivity contribution is 0.207. The molecule has 1 aromatic heterocycles. The van der Waals surface area contributed by atoms with E-state index in [-0.39, 0.29) is 24.0 Å². The summed E-state index contributed by atoms with van der Waals surface area (Å²) >= 11 is 0. The largest absolute Gasteiger partial charge is 0.469 e. The Morgan fingerprint density at radius 3 is 2.68 bits per heavy atom. The van der Waals surface area contributed by atoms with Gasteiger partial charge in [0.25, 0.3) is 0 Å². The third-order valence-corrected chi connectivity index (χ3v) is 4.74. The predicted molar refractivity (Wildman–Crippen MR) is 125 cm³/mol. The SMILES string of the molecule is COCCN=C(NCCc1ccco1)N1CCN(c2cccc(C)c2)CC1.I. The van der Waals surface area contributed by atoms with Crippen molar-refractivity contribution >= 4 is 35.6 Å². The molecule has 2 aromatic rings. The minimum atomic E-state index is 0. The van der Waals surface area contributed by atoms with Crippen LogP contribution in [0.4, 0.5) is 5.69 Å². The molecule has 154 valence electrons. The fourth-order valence-electron chi connectivity index (χ4n) is 3.26. The zero-order valence-electron chi connectivity index (χ0n) is 16.8. The molecule has 0 spiro atoms. The van der Waals surface area contributed by atoms with Crippen LogP contribution in [0.15, 0.2) is 52.1 Å². The van der Waals surface area contributed by atoms with Crippen molar-refractivity contribution < 1.29 is 9.15 Å². The summed E-state index contributed by atoms with van der Waals surface area (Å²) in [7, 11) is 1.71. The van der Waals surface area contributed by atoms with E-state index in [2.05, 4.69) is 46.3 Å². The molecule has 0 radical (unpaired) electrons. The van der Waals surface area contributed by atoms with Gasteiger partial charge in [-0.1, -0.05) is 12.1 Å². The number of guanidine groups is 1. The average molecular weight is 498 g/mol. The van der Waals surface area contributed by atoms with Gasteiger partial charge in [-0.2, -0.15) is 0 Å². The third-order valence-electron chi connectivity index (χ3n) is 4.74. The van der Waals surface area contributed by atoms with Crippen molar-refractivity contribution in [2.45, 2.75) is 13.3 Å². The van der Waals surface area contributed by atoms with E-state index < -0.39 is 0 Å². The summed E-state index contributed by atoms with van der Waals surface area (Å²) in [5.41, 5.74) is 2.61. The van der Waals surface area contributed by atoms with Gasteiger partial charge in [0.2, 0.25) is 0 Å². The van der Waals surface area contributed by atoms with Gasteiger partial charge in [-0.25, -0.2) is 0 Å². The van der Waals surface area contributed by atoms with Gasteiger partial charge in [0, 0.05) is 51.9 Å². The number of benzene rings is 1. The number of rotatable bonds is 7. The zero-order valence-corrected chi connectivity index (χ0v) is 19.1. The Kier molecular flexibility index (Phi) is 9.63. The summed E-state index contributed by atoms with van der Waals surface area (Å²) in [4.78, 5) is 9.51. The first kappa shape index (κ1) is 22.5. The van der Waals surface area contributed by atoms with E-state index in [4.69, 9.17) is 14.1 Å². The molecule has 0 aliphatic carbocycles. The normalized spacial score (nSPS) is 14.7. The number of hydrogen-bond acceptors (Lipinski definition) is 4. The van der Waals surface area contributed by atoms with Crippen LogP contribution in [0.3, 0.4) is 0 Å². The molecule has 1 saturated heterocycles. The van der Waals surface area contributed by atoms with E-state index in [9.17, 15) is 0 Å². The second-order valence-electron chi connectivity index (χ2n) is 6.77. The quantitative estimate of drug-likeness (QED) is 0.275. The molecule has 0 bridgehead atoms. The standard InChI is InChI=1S/C21H30N4O2.HI/c1-18-5-3-6-19(17-18)24-11-13-25(14-12-24)21(23-10-16-26-2)22-9-8-20-7-4-15-27-20;/h3-7,15,17H,8-14,16H2,1-2H3,(H,22,23);1H. The zero-order chi connectivity index (χ0) is 18.9. The summed E-state index contributed by atoms with van der Waals surface area (Å²) in [5, 5.41) is 3.49. The molecule has 3 rings (SSSR count). The first-order valence-electron chi connectivity index (χ1n) is 9.62. The van der Waals surface area contributed by atoms with Crippen molar-refractivity contribution in [1.82, 2.24) is 10.2 Å². The van der Waals surface area contributed by atoms with Gasteiger partial charge in [0.1, 0.15) is 5.76 Å². The highest BCUT2D eigenvalue weighted by molar-refractivity contribution is 14.0. The summed E-state index contributed by atoms with van der Waals surface area (Å²) in [6.07, 6.45) is 2.56. The van der Waals surface area contributed by atoms with Gasteiger partial charge in [0.05, 0.1) is 19.4 Å². The Balaban J connectivity index is 0.00000280. The van der Waals surface area contributed by atoms with Crippen LogP contribution in [0.2, 0.25) is 0 Å². The van der Waals surface area contributed by atoms with Crippen molar-refractivity contribution in [1.29, 1.82) is 0 Å². The second-order valence-corrected chi connectivity index (χ2v) is 6.77. The van der Waals surface area contributed by atoms with Crippen LogP contribution in [-0.4, -0.2) is 63.8 Å². The first-order valence-corrected chi connectivity index (χ1v) is 9.62. The maximum absolute atomic E-state index is 5.41. The van der Waals surface area contributed by atoms with Crippen LogP contribution in [0, 0.1) is 6.92 Å². The highest BCUT2D eigenvalue weighted by Gasteiger charge is 2.20. The van der Waals surface area contributed by atoms with Gasteiger partial charge in [-0.15, -0.1) is 24.0 Å². The molecule has 0 unspecified atom stereocenters. The number of hydrogen-bond donors (Lipinski definition) is 1. The van der Waals surface area contributed by atoms with Crippen LogP contribution in [0.25, 0.3) is 0 Å². The maximum Gasteiger partial charge on any atom is 0.194 e. The van der Waals surface area contributed by atoms with Crippen LogP contribution in [0.5, 0.6) is 0 Å². The number of anilines is 1. The van der Waals surface area contributed by atoms with Gasteiger partial charge in [0.15, 0.2) is 5.96 Å². The van der Waals surface area contributed by atoms with Crippen LogP contribution < -0.4 is 10.2 Å². The molecule has 0 atom stereocenters. The minimum Gasteiger partial charge on any atom is -0.469 e. The molecular weight excluding hydrogens is 467 g/mol. The number of nitrogens with one attached hydrogen (secondary N) is 1. The summed E-state index contributed by atoms with van der Waals surface area (Å²) < 4.78 is 10.6. The highest BCUT2D eigenvalue weighted by Crippen LogP contribution is 2.17. The fraction of sp³-hybridized carbons (Fsp3) is 0.476. The molecule has 1 aromatic carbocycles. The molecule has 1 aliphatic rings. The van der Waals surface area contributed by atoms with E-state index >= 15 is 0 Å². The van der Waals surface area contributed by atoms with Crippen molar-refractivity contribution in [2.24, 2.45) is 4.99 Å². The molecule has 1 aliphatic heterocycles. The number of halogens is 1. The molecule has 0 saturated carbocycles. The van der Waals surface area contributed by atoms with Crippen molar-refractivity contribution in [3.05, 3.63) is 54.0 Å². The Labute approximate surface area is 185 Å². The highest BCUT2D eigenvalue weighted by atomic mass is 127. The Bertz CT molecular complexity index is 713. The number of aryl methyl sites for hydroxylation is 1. The maximum atomic E-state index is 5.41. The number of aliphatic imine (C=N–C) groups is 1. The second kappa shape index (κ2) is 12.0. The molecule has 0 amide bonds. The van der Waals surface area contributed by atoms with Crippen LogP contribution >= 0.6 is 24.0 Å². The summed E-state index contributed by atoms with van der Waals surface area (Å²) in [5.74, 6) is 1.95.